The van der Waals surface area contributed by atoms with Gasteiger partial charge in [0.25, 0.3) is 0 Å². The van der Waals surface area contributed by atoms with Crippen molar-refractivity contribution >= 4 is 24.5 Å². The first kappa shape index (κ1) is 25.8. The number of unbranched alkanes of at least 4 members (excludes halogenated alkanes) is 1. The summed E-state index contributed by atoms with van der Waals surface area (Å²) < 4.78 is 30.5. The molecule has 0 saturated heterocycles. The Kier molecular flexibility index (Phi) is 9.68. The van der Waals surface area contributed by atoms with Crippen molar-refractivity contribution in [2.75, 3.05) is 5.75 Å². The van der Waals surface area contributed by atoms with Crippen LogP contribution in [0.25, 0.3) is 0 Å². The van der Waals surface area contributed by atoms with Crippen molar-refractivity contribution in [3.05, 3.63) is 52.6 Å². The molecule has 0 aliphatic rings. The van der Waals surface area contributed by atoms with Crippen LogP contribution >= 0.6 is 12.6 Å². The minimum absolute atomic E-state index is 0.0175. The van der Waals surface area contributed by atoms with Crippen molar-refractivity contribution in [1.29, 1.82) is 0 Å². The average Bonchev–Trinajstić information content (AvgIpc) is 3.11. The SMILES string of the molecule is CCCCc1ncc(CNC(=O)[C@H](CS)CC(C)C)n1Cc1cc(F)c(C(=O)O)cc1F. The Morgan fingerprint density at radius 3 is 2.56 bits per heavy atom. The Morgan fingerprint density at radius 2 is 1.97 bits per heavy atom. The largest absolute Gasteiger partial charge is 0.478 e. The molecule has 176 valence electrons. The Bertz CT molecular complexity index is 947. The van der Waals surface area contributed by atoms with E-state index < -0.39 is 23.2 Å². The molecule has 0 fully saturated rings. The molecule has 1 atom stereocenters. The summed E-state index contributed by atoms with van der Waals surface area (Å²) in [5.74, 6) is -2.16. The van der Waals surface area contributed by atoms with Crippen LogP contribution in [0.4, 0.5) is 8.78 Å². The smallest absolute Gasteiger partial charge is 0.338 e. The number of nitrogens with one attached hydrogen (secondary N) is 1. The summed E-state index contributed by atoms with van der Waals surface area (Å²) in [5, 5.41) is 11.9. The van der Waals surface area contributed by atoms with E-state index >= 15 is 0 Å². The number of hydrogen-bond donors (Lipinski definition) is 3. The van der Waals surface area contributed by atoms with Crippen molar-refractivity contribution in [3.8, 4) is 0 Å². The van der Waals surface area contributed by atoms with E-state index in [9.17, 15) is 18.4 Å². The Labute approximate surface area is 192 Å². The zero-order valence-electron chi connectivity index (χ0n) is 18.7. The summed E-state index contributed by atoms with van der Waals surface area (Å²) in [5.41, 5.74) is -0.0311. The summed E-state index contributed by atoms with van der Waals surface area (Å²) in [7, 11) is 0. The van der Waals surface area contributed by atoms with E-state index in [0.717, 1.165) is 25.3 Å². The first-order valence-corrected chi connectivity index (χ1v) is 11.4. The second-order valence-electron chi connectivity index (χ2n) is 8.31. The lowest BCUT2D eigenvalue weighted by atomic mass is 9.98. The van der Waals surface area contributed by atoms with Gasteiger partial charge in [0.2, 0.25) is 5.91 Å². The maximum absolute atomic E-state index is 14.5. The summed E-state index contributed by atoms with van der Waals surface area (Å²) in [6, 6.07) is 1.60. The number of carboxylic acid groups (broad SMARTS) is 1. The van der Waals surface area contributed by atoms with E-state index in [2.05, 4.69) is 22.9 Å². The van der Waals surface area contributed by atoms with Gasteiger partial charge in [0, 0.05) is 23.7 Å². The van der Waals surface area contributed by atoms with Crippen molar-refractivity contribution in [2.24, 2.45) is 11.8 Å². The predicted molar refractivity (Wildman–Crippen MR) is 122 cm³/mol. The lowest BCUT2D eigenvalue weighted by molar-refractivity contribution is -0.124. The van der Waals surface area contributed by atoms with Crippen molar-refractivity contribution in [1.82, 2.24) is 14.9 Å². The molecule has 2 aromatic rings. The van der Waals surface area contributed by atoms with Gasteiger partial charge in [0.1, 0.15) is 17.5 Å². The van der Waals surface area contributed by atoms with Crippen LogP contribution in [0.3, 0.4) is 0 Å². The van der Waals surface area contributed by atoms with E-state index in [1.165, 1.54) is 0 Å². The highest BCUT2D eigenvalue weighted by atomic mass is 32.1. The standard InChI is InChI=1S/C23H31F2N3O3S/c1-4-5-6-21-26-10-17(11-27-22(29)16(13-32)7-14(2)3)28(21)12-15-8-20(25)18(23(30)31)9-19(15)24/h8-10,14,16,32H,4-7,11-13H2,1-3H3,(H,27,29)(H,30,31)/t16-/m0/s1. The van der Waals surface area contributed by atoms with E-state index in [-0.39, 0.29) is 30.5 Å². The highest BCUT2D eigenvalue weighted by molar-refractivity contribution is 7.80. The van der Waals surface area contributed by atoms with Crippen LogP contribution < -0.4 is 5.32 Å². The van der Waals surface area contributed by atoms with Crippen molar-refractivity contribution in [2.45, 2.75) is 59.5 Å². The maximum atomic E-state index is 14.5. The molecule has 32 heavy (non-hydrogen) atoms. The average molecular weight is 468 g/mol. The zero-order valence-corrected chi connectivity index (χ0v) is 19.6. The number of carbonyl (C=O) groups excluding carboxylic acids is 1. The number of amides is 1. The Hall–Kier alpha value is -2.42. The number of halogens is 2. The molecule has 0 saturated carbocycles. The fourth-order valence-corrected chi connectivity index (χ4v) is 3.84. The molecule has 1 aromatic carbocycles. The van der Waals surface area contributed by atoms with Crippen LogP contribution in [0.2, 0.25) is 0 Å². The lowest BCUT2D eigenvalue weighted by Crippen LogP contribution is -2.33. The van der Waals surface area contributed by atoms with E-state index in [1.807, 2.05) is 20.8 Å². The molecular weight excluding hydrogens is 436 g/mol. The lowest BCUT2D eigenvalue weighted by Gasteiger charge is -2.18. The number of benzene rings is 1. The fraction of sp³-hybridized carbons (Fsp3) is 0.522. The van der Waals surface area contributed by atoms with Gasteiger partial charge in [-0.05, 0) is 30.9 Å². The third-order valence-electron chi connectivity index (χ3n) is 5.26. The third-order valence-corrected chi connectivity index (χ3v) is 5.70. The van der Waals surface area contributed by atoms with Gasteiger partial charge in [-0.2, -0.15) is 12.6 Å². The van der Waals surface area contributed by atoms with Crippen LogP contribution in [-0.2, 0) is 24.3 Å². The summed E-state index contributed by atoms with van der Waals surface area (Å²) >= 11 is 4.28. The second kappa shape index (κ2) is 12.0. The molecule has 0 spiro atoms. The topological polar surface area (TPSA) is 84.2 Å². The van der Waals surface area contributed by atoms with Crippen LogP contribution in [0.5, 0.6) is 0 Å². The molecule has 2 rings (SSSR count). The summed E-state index contributed by atoms with van der Waals surface area (Å²) in [4.78, 5) is 28.1. The molecule has 1 amide bonds. The fourth-order valence-electron chi connectivity index (χ4n) is 3.52. The van der Waals surface area contributed by atoms with Gasteiger partial charge < -0.3 is 15.0 Å². The monoisotopic (exact) mass is 467 g/mol. The van der Waals surface area contributed by atoms with E-state index in [1.54, 1.807) is 10.8 Å². The second-order valence-corrected chi connectivity index (χ2v) is 8.68. The molecule has 0 unspecified atom stereocenters. The van der Waals surface area contributed by atoms with Crippen LogP contribution in [0.15, 0.2) is 18.3 Å². The first-order chi connectivity index (χ1) is 15.2. The minimum atomic E-state index is -1.53. The number of thiol groups is 1. The predicted octanol–water partition coefficient (Wildman–Crippen LogP) is 4.46. The van der Waals surface area contributed by atoms with Gasteiger partial charge in [-0.25, -0.2) is 18.6 Å². The number of imidazole rings is 1. The summed E-state index contributed by atoms with van der Waals surface area (Å²) in [6.45, 7) is 6.30. The number of rotatable bonds is 12. The molecule has 6 nitrogen and oxygen atoms in total. The highest BCUT2D eigenvalue weighted by Crippen LogP contribution is 2.20. The molecule has 1 aromatic heterocycles. The molecule has 1 heterocycles. The molecule has 0 aliphatic heterocycles. The van der Waals surface area contributed by atoms with Gasteiger partial charge >= 0.3 is 5.97 Å². The van der Waals surface area contributed by atoms with Crippen LogP contribution in [-0.4, -0.2) is 32.3 Å². The molecule has 0 bridgehead atoms. The van der Waals surface area contributed by atoms with E-state index in [0.29, 0.717) is 35.7 Å². The first-order valence-electron chi connectivity index (χ1n) is 10.8. The number of hydrogen-bond acceptors (Lipinski definition) is 4. The van der Waals surface area contributed by atoms with Crippen LogP contribution in [0, 0.1) is 23.5 Å². The third kappa shape index (κ3) is 6.79. The molecular formula is C23H31F2N3O3S. The number of aromatic carboxylic acids is 1. The minimum Gasteiger partial charge on any atom is -0.478 e. The Balaban J connectivity index is 2.28. The van der Waals surface area contributed by atoms with E-state index in [4.69, 9.17) is 5.11 Å². The molecule has 9 heteroatoms. The number of aromatic nitrogens is 2. The molecule has 2 N–H and O–H groups in total. The number of aryl methyl sites for hydroxylation is 1. The van der Waals surface area contributed by atoms with Gasteiger partial charge in [0.05, 0.1) is 30.5 Å². The normalized spacial score (nSPS) is 12.2. The van der Waals surface area contributed by atoms with Gasteiger partial charge in [-0.1, -0.05) is 27.2 Å². The number of carbonyl (C=O) groups is 2. The van der Waals surface area contributed by atoms with Gasteiger partial charge in [0.15, 0.2) is 0 Å². The number of carboxylic acids is 1. The molecule has 0 aliphatic carbocycles. The van der Waals surface area contributed by atoms with Gasteiger partial charge in [-0.3, -0.25) is 4.79 Å². The van der Waals surface area contributed by atoms with Crippen molar-refractivity contribution < 1.29 is 23.5 Å². The Morgan fingerprint density at radius 1 is 1.25 bits per heavy atom. The zero-order chi connectivity index (χ0) is 23.8. The van der Waals surface area contributed by atoms with Crippen LogP contribution in [0.1, 0.15) is 67.5 Å². The number of nitrogens with zero attached hydrogens (tertiary/aromatic N) is 2. The summed E-state index contributed by atoms with van der Waals surface area (Å²) in [6.07, 6.45) is 4.80. The van der Waals surface area contributed by atoms with Gasteiger partial charge in [-0.15, -0.1) is 0 Å². The quantitative estimate of drug-likeness (QED) is 0.403. The molecule has 0 radical (unpaired) electrons. The maximum Gasteiger partial charge on any atom is 0.338 e. The highest BCUT2D eigenvalue weighted by Gasteiger charge is 2.20. The van der Waals surface area contributed by atoms with Crippen molar-refractivity contribution in [3.63, 3.8) is 0 Å².